The summed E-state index contributed by atoms with van der Waals surface area (Å²) in [6.45, 7) is 1.88. The number of anilines is 3. The largest absolute Gasteiger partial charge is 0.323 e. The van der Waals surface area contributed by atoms with Crippen molar-refractivity contribution < 1.29 is 4.79 Å². The summed E-state index contributed by atoms with van der Waals surface area (Å²) < 4.78 is 0. The SMILES string of the molecule is Cc1ccc(Cl)cc1NC(=O)c1cnc(Nc2ccccc2C#N)nc1. The van der Waals surface area contributed by atoms with Gasteiger partial charge in [-0.05, 0) is 36.8 Å². The lowest BCUT2D eigenvalue weighted by Crippen LogP contribution is -2.14. The van der Waals surface area contributed by atoms with Crippen LogP contribution in [0, 0.1) is 18.3 Å². The summed E-state index contributed by atoms with van der Waals surface area (Å²) in [4.78, 5) is 20.6. The zero-order valence-corrected chi connectivity index (χ0v) is 14.6. The van der Waals surface area contributed by atoms with E-state index in [4.69, 9.17) is 16.9 Å². The van der Waals surface area contributed by atoms with Crippen molar-refractivity contribution in [1.29, 1.82) is 5.26 Å². The topological polar surface area (TPSA) is 90.7 Å². The number of nitriles is 1. The maximum absolute atomic E-state index is 12.3. The van der Waals surface area contributed by atoms with Gasteiger partial charge in [0.2, 0.25) is 5.95 Å². The van der Waals surface area contributed by atoms with Gasteiger partial charge in [-0.15, -0.1) is 0 Å². The van der Waals surface area contributed by atoms with Crippen LogP contribution in [0.3, 0.4) is 0 Å². The molecule has 2 N–H and O–H groups in total. The monoisotopic (exact) mass is 363 g/mol. The Hall–Kier alpha value is -3.43. The number of para-hydroxylation sites is 1. The van der Waals surface area contributed by atoms with Crippen LogP contribution in [0.4, 0.5) is 17.3 Å². The number of nitrogens with zero attached hydrogens (tertiary/aromatic N) is 3. The molecule has 3 rings (SSSR count). The highest BCUT2D eigenvalue weighted by atomic mass is 35.5. The summed E-state index contributed by atoms with van der Waals surface area (Å²) in [6, 6.07) is 14.4. The molecule has 3 aromatic rings. The third kappa shape index (κ3) is 3.97. The summed E-state index contributed by atoms with van der Waals surface area (Å²) in [7, 11) is 0. The molecule has 0 aliphatic carbocycles. The van der Waals surface area contributed by atoms with Crippen molar-refractivity contribution in [2.24, 2.45) is 0 Å². The zero-order valence-electron chi connectivity index (χ0n) is 13.8. The van der Waals surface area contributed by atoms with Gasteiger partial charge in [-0.2, -0.15) is 5.26 Å². The number of hydrogen-bond acceptors (Lipinski definition) is 5. The van der Waals surface area contributed by atoms with Crippen molar-refractivity contribution in [3.63, 3.8) is 0 Å². The highest BCUT2D eigenvalue weighted by molar-refractivity contribution is 6.31. The standard InChI is InChI=1S/C19H14ClN5O/c1-12-6-7-15(20)8-17(12)24-18(26)14-10-22-19(23-11-14)25-16-5-3-2-4-13(16)9-21/h2-8,10-11H,1H3,(H,24,26)(H,22,23,25). The summed E-state index contributed by atoms with van der Waals surface area (Å²) in [6.07, 6.45) is 2.83. The molecule has 0 radical (unpaired) electrons. The van der Waals surface area contributed by atoms with Gasteiger partial charge in [-0.1, -0.05) is 29.8 Å². The number of halogens is 1. The van der Waals surface area contributed by atoms with Crippen molar-refractivity contribution in [3.8, 4) is 6.07 Å². The number of carbonyl (C=O) groups excluding carboxylic acids is 1. The minimum absolute atomic E-state index is 0.295. The van der Waals surface area contributed by atoms with Crippen LogP contribution in [-0.4, -0.2) is 15.9 Å². The average molecular weight is 364 g/mol. The number of aryl methyl sites for hydroxylation is 1. The Morgan fingerprint density at radius 1 is 1.12 bits per heavy atom. The molecule has 0 atom stereocenters. The van der Waals surface area contributed by atoms with Gasteiger partial charge < -0.3 is 10.6 Å². The van der Waals surface area contributed by atoms with Gasteiger partial charge in [0.25, 0.3) is 5.91 Å². The smallest absolute Gasteiger partial charge is 0.258 e. The molecule has 2 aromatic carbocycles. The van der Waals surface area contributed by atoms with E-state index in [0.29, 0.717) is 33.5 Å². The summed E-state index contributed by atoms with van der Waals surface area (Å²) in [5.41, 5.74) is 2.92. The van der Waals surface area contributed by atoms with Crippen LogP contribution < -0.4 is 10.6 Å². The van der Waals surface area contributed by atoms with Crippen LogP contribution in [0.25, 0.3) is 0 Å². The van der Waals surface area contributed by atoms with E-state index in [9.17, 15) is 4.79 Å². The fourth-order valence-electron chi connectivity index (χ4n) is 2.24. The molecule has 0 aliphatic heterocycles. The number of benzene rings is 2. The Labute approximate surface area is 155 Å². The molecule has 0 bridgehead atoms. The lowest BCUT2D eigenvalue weighted by atomic mass is 10.2. The minimum atomic E-state index is -0.334. The number of carbonyl (C=O) groups is 1. The van der Waals surface area contributed by atoms with E-state index < -0.39 is 0 Å². The lowest BCUT2D eigenvalue weighted by Gasteiger charge is -2.09. The normalized spacial score (nSPS) is 10.0. The van der Waals surface area contributed by atoms with Gasteiger partial charge in [-0.3, -0.25) is 4.79 Å². The van der Waals surface area contributed by atoms with Gasteiger partial charge >= 0.3 is 0 Å². The molecule has 1 aromatic heterocycles. The van der Waals surface area contributed by atoms with E-state index >= 15 is 0 Å². The van der Waals surface area contributed by atoms with E-state index in [1.807, 2.05) is 13.0 Å². The first-order valence-electron chi connectivity index (χ1n) is 7.72. The summed E-state index contributed by atoms with van der Waals surface area (Å²) in [5, 5.41) is 15.4. The quantitative estimate of drug-likeness (QED) is 0.720. The Morgan fingerprint density at radius 3 is 2.58 bits per heavy atom. The van der Waals surface area contributed by atoms with Crippen LogP contribution in [-0.2, 0) is 0 Å². The molecule has 26 heavy (non-hydrogen) atoms. The molecule has 0 aliphatic rings. The first-order chi connectivity index (χ1) is 12.6. The van der Waals surface area contributed by atoms with Gasteiger partial charge in [0.15, 0.2) is 0 Å². The Morgan fingerprint density at radius 2 is 1.85 bits per heavy atom. The average Bonchev–Trinajstić information content (AvgIpc) is 2.65. The van der Waals surface area contributed by atoms with Crippen LogP contribution in [0.2, 0.25) is 5.02 Å². The minimum Gasteiger partial charge on any atom is -0.323 e. The van der Waals surface area contributed by atoms with Crippen molar-refractivity contribution in [2.75, 3.05) is 10.6 Å². The van der Waals surface area contributed by atoms with Crippen molar-refractivity contribution in [3.05, 3.63) is 76.6 Å². The molecule has 0 unspecified atom stereocenters. The third-order valence-electron chi connectivity index (χ3n) is 3.66. The molecular formula is C19H14ClN5O. The molecule has 0 spiro atoms. The second kappa shape index (κ2) is 7.64. The Kier molecular flexibility index (Phi) is 5.11. The fraction of sp³-hybridized carbons (Fsp3) is 0.0526. The molecule has 1 heterocycles. The maximum Gasteiger partial charge on any atom is 0.258 e. The molecule has 0 saturated heterocycles. The molecule has 1 amide bonds. The van der Waals surface area contributed by atoms with Crippen LogP contribution >= 0.6 is 11.6 Å². The van der Waals surface area contributed by atoms with Crippen molar-refractivity contribution in [2.45, 2.75) is 6.92 Å². The summed E-state index contributed by atoms with van der Waals surface area (Å²) in [5.74, 6) is -0.0393. The number of amides is 1. The highest BCUT2D eigenvalue weighted by Gasteiger charge is 2.10. The second-order valence-corrected chi connectivity index (χ2v) is 5.93. The fourth-order valence-corrected chi connectivity index (χ4v) is 2.42. The third-order valence-corrected chi connectivity index (χ3v) is 3.89. The molecular weight excluding hydrogens is 350 g/mol. The predicted octanol–water partition coefficient (Wildman–Crippen LogP) is 4.31. The number of hydrogen-bond donors (Lipinski definition) is 2. The van der Waals surface area contributed by atoms with Gasteiger partial charge in [0.1, 0.15) is 6.07 Å². The number of rotatable bonds is 4. The maximum atomic E-state index is 12.3. The van der Waals surface area contributed by atoms with Crippen LogP contribution in [0.1, 0.15) is 21.5 Å². The molecule has 6 nitrogen and oxygen atoms in total. The lowest BCUT2D eigenvalue weighted by molar-refractivity contribution is 0.102. The highest BCUT2D eigenvalue weighted by Crippen LogP contribution is 2.21. The second-order valence-electron chi connectivity index (χ2n) is 5.49. The first kappa shape index (κ1) is 17.4. The molecule has 0 saturated carbocycles. The molecule has 7 heteroatoms. The Balaban J connectivity index is 1.74. The van der Waals surface area contributed by atoms with Crippen LogP contribution in [0.15, 0.2) is 54.9 Å². The van der Waals surface area contributed by atoms with E-state index in [1.54, 1.807) is 36.4 Å². The van der Waals surface area contributed by atoms with Gasteiger partial charge in [0, 0.05) is 23.1 Å². The Bertz CT molecular complexity index is 996. The number of nitrogens with one attached hydrogen (secondary N) is 2. The van der Waals surface area contributed by atoms with Crippen molar-refractivity contribution >= 4 is 34.8 Å². The van der Waals surface area contributed by atoms with E-state index in [2.05, 4.69) is 26.7 Å². The molecule has 128 valence electrons. The predicted molar refractivity (Wildman–Crippen MR) is 101 cm³/mol. The molecule has 0 fully saturated rings. The van der Waals surface area contributed by atoms with E-state index in [-0.39, 0.29) is 5.91 Å². The van der Waals surface area contributed by atoms with E-state index in [1.165, 1.54) is 12.4 Å². The number of aromatic nitrogens is 2. The summed E-state index contributed by atoms with van der Waals surface area (Å²) >= 11 is 5.96. The van der Waals surface area contributed by atoms with Crippen LogP contribution in [0.5, 0.6) is 0 Å². The first-order valence-corrected chi connectivity index (χ1v) is 8.10. The van der Waals surface area contributed by atoms with Gasteiger partial charge in [-0.25, -0.2) is 9.97 Å². The zero-order chi connectivity index (χ0) is 18.5. The van der Waals surface area contributed by atoms with Crippen molar-refractivity contribution in [1.82, 2.24) is 9.97 Å². The van der Waals surface area contributed by atoms with E-state index in [0.717, 1.165) is 5.56 Å². The van der Waals surface area contributed by atoms with Gasteiger partial charge in [0.05, 0.1) is 16.8 Å².